The first kappa shape index (κ1) is 16.4. The Morgan fingerprint density at radius 2 is 1.47 bits per heavy atom. The van der Waals surface area contributed by atoms with E-state index >= 15 is 0 Å². The van der Waals surface area contributed by atoms with Crippen LogP contribution in [0.3, 0.4) is 0 Å². The molecular formula is C14H30N2O. The van der Waals surface area contributed by atoms with Gasteiger partial charge in [-0.25, -0.2) is 0 Å². The Bertz CT molecular complexity index is 197. The zero-order valence-corrected chi connectivity index (χ0v) is 11.8. The van der Waals surface area contributed by atoms with Crippen LogP contribution < -0.4 is 11.1 Å². The van der Waals surface area contributed by atoms with Crippen molar-refractivity contribution in [3.63, 3.8) is 0 Å². The highest BCUT2D eigenvalue weighted by molar-refractivity contribution is 5.84. The van der Waals surface area contributed by atoms with Crippen molar-refractivity contribution in [2.45, 2.75) is 77.7 Å². The second-order valence-corrected chi connectivity index (χ2v) is 5.45. The maximum Gasteiger partial charge on any atom is 0.239 e. The van der Waals surface area contributed by atoms with Gasteiger partial charge in [-0.15, -0.1) is 0 Å². The molecule has 0 aromatic carbocycles. The number of amides is 1. The first-order chi connectivity index (χ1) is 7.98. The van der Waals surface area contributed by atoms with Crippen molar-refractivity contribution in [2.75, 3.05) is 6.54 Å². The predicted molar refractivity (Wildman–Crippen MR) is 73.9 cm³/mol. The van der Waals surface area contributed by atoms with Crippen LogP contribution in [0.15, 0.2) is 0 Å². The third kappa shape index (κ3) is 10.3. The minimum atomic E-state index is -0.750. The van der Waals surface area contributed by atoms with Gasteiger partial charge in [-0.05, 0) is 20.3 Å². The van der Waals surface area contributed by atoms with E-state index in [1.54, 1.807) is 13.8 Å². The van der Waals surface area contributed by atoms with Crippen LogP contribution in [0, 0.1) is 0 Å². The molecule has 102 valence electrons. The largest absolute Gasteiger partial charge is 0.355 e. The summed E-state index contributed by atoms with van der Waals surface area (Å²) in [5.41, 5.74) is 4.93. The Hall–Kier alpha value is -0.570. The summed E-state index contributed by atoms with van der Waals surface area (Å²) < 4.78 is 0. The summed E-state index contributed by atoms with van der Waals surface area (Å²) in [5, 5.41) is 2.87. The minimum Gasteiger partial charge on any atom is -0.355 e. The molecule has 0 unspecified atom stereocenters. The number of nitrogens with one attached hydrogen (secondary N) is 1. The molecule has 0 rings (SSSR count). The first-order valence-corrected chi connectivity index (χ1v) is 7.05. The summed E-state index contributed by atoms with van der Waals surface area (Å²) in [6.45, 7) is 6.46. The van der Waals surface area contributed by atoms with Gasteiger partial charge in [0.1, 0.15) is 0 Å². The third-order valence-electron chi connectivity index (χ3n) is 2.90. The van der Waals surface area contributed by atoms with Crippen LogP contribution >= 0.6 is 0 Å². The minimum absolute atomic E-state index is 0.0551. The van der Waals surface area contributed by atoms with E-state index in [4.69, 9.17) is 5.73 Å². The summed E-state index contributed by atoms with van der Waals surface area (Å²) >= 11 is 0. The van der Waals surface area contributed by atoms with Gasteiger partial charge in [0.2, 0.25) is 5.91 Å². The van der Waals surface area contributed by atoms with E-state index in [1.807, 2.05) is 0 Å². The number of unbranched alkanes of at least 4 members (excludes halogenated alkanes) is 7. The predicted octanol–water partition coefficient (Wildman–Crippen LogP) is 2.98. The second-order valence-electron chi connectivity index (χ2n) is 5.45. The molecule has 0 fully saturated rings. The highest BCUT2D eigenvalue weighted by Crippen LogP contribution is 2.08. The molecule has 0 aromatic rings. The molecule has 0 atom stereocenters. The lowest BCUT2D eigenvalue weighted by molar-refractivity contribution is -0.125. The number of rotatable bonds is 10. The van der Waals surface area contributed by atoms with Crippen molar-refractivity contribution in [1.82, 2.24) is 5.32 Å². The Labute approximate surface area is 107 Å². The molecule has 0 saturated heterocycles. The van der Waals surface area contributed by atoms with E-state index < -0.39 is 5.54 Å². The van der Waals surface area contributed by atoms with E-state index in [-0.39, 0.29) is 5.91 Å². The number of hydrogen-bond donors (Lipinski definition) is 2. The topological polar surface area (TPSA) is 55.1 Å². The summed E-state index contributed by atoms with van der Waals surface area (Å²) in [6.07, 6.45) is 10.3. The van der Waals surface area contributed by atoms with E-state index in [1.165, 1.54) is 44.9 Å². The Kier molecular flexibility index (Phi) is 9.14. The second kappa shape index (κ2) is 9.46. The molecular weight excluding hydrogens is 212 g/mol. The zero-order valence-electron chi connectivity index (χ0n) is 11.8. The average Bonchev–Trinajstić information content (AvgIpc) is 2.25. The molecule has 0 aliphatic rings. The maximum atomic E-state index is 11.4. The van der Waals surface area contributed by atoms with Crippen LogP contribution in [0.4, 0.5) is 0 Å². The van der Waals surface area contributed by atoms with Gasteiger partial charge < -0.3 is 11.1 Å². The SMILES string of the molecule is CCCCCCCCCCNC(=O)C(C)(C)N. The van der Waals surface area contributed by atoms with Gasteiger partial charge in [0.15, 0.2) is 0 Å². The molecule has 0 aliphatic heterocycles. The normalized spacial score (nSPS) is 11.5. The fraction of sp³-hybridized carbons (Fsp3) is 0.929. The summed E-state index contributed by atoms with van der Waals surface area (Å²) in [6, 6.07) is 0. The van der Waals surface area contributed by atoms with Crippen molar-refractivity contribution < 1.29 is 4.79 Å². The number of hydrogen-bond acceptors (Lipinski definition) is 2. The van der Waals surface area contributed by atoms with Crippen LogP contribution in [0.25, 0.3) is 0 Å². The van der Waals surface area contributed by atoms with Crippen molar-refractivity contribution in [3.05, 3.63) is 0 Å². The van der Waals surface area contributed by atoms with Crippen molar-refractivity contribution in [3.8, 4) is 0 Å². The van der Waals surface area contributed by atoms with E-state index in [9.17, 15) is 4.79 Å². The number of nitrogens with two attached hydrogens (primary N) is 1. The third-order valence-corrected chi connectivity index (χ3v) is 2.90. The van der Waals surface area contributed by atoms with Gasteiger partial charge in [-0.3, -0.25) is 4.79 Å². The van der Waals surface area contributed by atoms with Crippen LogP contribution in [-0.4, -0.2) is 18.0 Å². The first-order valence-electron chi connectivity index (χ1n) is 7.05. The van der Waals surface area contributed by atoms with Gasteiger partial charge in [0.25, 0.3) is 0 Å². The molecule has 0 saturated carbocycles. The maximum absolute atomic E-state index is 11.4. The number of carbonyl (C=O) groups is 1. The lowest BCUT2D eigenvalue weighted by atomic mass is 10.1. The van der Waals surface area contributed by atoms with Gasteiger partial charge in [0, 0.05) is 6.54 Å². The Morgan fingerprint density at radius 1 is 1.00 bits per heavy atom. The molecule has 17 heavy (non-hydrogen) atoms. The molecule has 0 aliphatic carbocycles. The summed E-state index contributed by atoms with van der Waals surface area (Å²) in [4.78, 5) is 11.4. The molecule has 3 nitrogen and oxygen atoms in total. The van der Waals surface area contributed by atoms with Crippen molar-refractivity contribution in [2.24, 2.45) is 5.73 Å². The quantitative estimate of drug-likeness (QED) is 0.579. The molecule has 0 bridgehead atoms. The standard InChI is InChI=1S/C14H30N2O/c1-4-5-6-7-8-9-10-11-12-16-13(17)14(2,3)15/h4-12,15H2,1-3H3,(H,16,17). The summed E-state index contributed by atoms with van der Waals surface area (Å²) in [5.74, 6) is -0.0551. The van der Waals surface area contributed by atoms with E-state index in [0.29, 0.717) is 0 Å². The van der Waals surface area contributed by atoms with Crippen molar-refractivity contribution >= 4 is 5.91 Å². The van der Waals surface area contributed by atoms with Crippen LogP contribution in [0.1, 0.15) is 72.1 Å². The smallest absolute Gasteiger partial charge is 0.239 e. The molecule has 0 aromatic heterocycles. The van der Waals surface area contributed by atoms with Gasteiger partial charge in [-0.1, -0.05) is 51.9 Å². The fourth-order valence-electron chi connectivity index (χ4n) is 1.69. The van der Waals surface area contributed by atoms with E-state index in [0.717, 1.165) is 13.0 Å². The molecule has 0 radical (unpaired) electrons. The molecule has 3 heteroatoms. The van der Waals surface area contributed by atoms with Gasteiger partial charge in [0.05, 0.1) is 5.54 Å². The lowest BCUT2D eigenvalue weighted by Gasteiger charge is -2.17. The highest BCUT2D eigenvalue weighted by Gasteiger charge is 2.20. The van der Waals surface area contributed by atoms with Gasteiger partial charge >= 0.3 is 0 Å². The fourth-order valence-corrected chi connectivity index (χ4v) is 1.69. The summed E-state index contributed by atoms with van der Waals surface area (Å²) in [7, 11) is 0. The van der Waals surface area contributed by atoms with Crippen molar-refractivity contribution in [1.29, 1.82) is 0 Å². The van der Waals surface area contributed by atoms with Crippen LogP contribution in [0.5, 0.6) is 0 Å². The monoisotopic (exact) mass is 242 g/mol. The number of carbonyl (C=O) groups excluding carboxylic acids is 1. The lowest BCUT2D eigenvalue weighted by Crippen LogP contribution is -2.49. The Morgan fingerprint density at radius 3 is 1.94 bits per heavy atom. The molecule has 0 heterocycles. The molecule has 3 N–H and O–H groups in total. The molecule has 0 spiro atoms. The van der Waals surface area contributed by atoms with Crippen LogP contribution in [0.2, 0.25) is 0 Å². The van der Waals surface area contributed by atoms with Crippen LogP contribution in [-0.2, 0) is 4.79 Å². The highest BCUT2D eigenvalue weighted by atomic mass is 16.2. The molecule has 1 amide bonds. The zero-order chi connectivity index (χ0) is 13.1. The Balaban J connectivity index is 3.22. The average molecular weight is 242 g/mol. The van der Waals surface area contributed by atoms with Gasteiger partial charge in [-0.2, -0.15) is 0 Å². The van der Waals surface area contributed by atoms with E-state index in [2.05, 4.69) is 12.2 Å².